The number of carboxylic acid groups (broad SMARTS) is 1. The van der Waals surface area contributed by atoms with Crippen LogP contribution >= 0.6 is 0 Å². The van der Waals surface area contributed by atoms with Crippen LogP contribution in [0.25, 0.3) is 0 Å². The number of nitrogens with zero attached hydrogens (tertiary/aromatic N) is 2. The van der Waals surface area contributed by atoms with Gasteiger partial charge in [-0.15, -0.1) is 0 Å². The normalized spacial score (nSPS) is 31.3. The van der Waals surface area contributed by atoms with Crippen LogP contribution in [-0.4, -0.2) is 59.0 Å². The number of hydrogen-bond donors (Lipinski definition) is 1. The first-order valence-corrected chi connectivity index (χ1v) is 5.79. The van der Waals surface area contributed by atoms with Crippen LogP contribution in [0, 0.1) is 0 Å². The molecule has 0 bridgehead atoms. The van der Waals surface area contributed by atoms with Gasteiger partial charge in [0.15, 0.2) is 0 Å². The number of carbonyl (C=O) groups excluding carboxylic acids is 1. The molecule has 1 spiro atoms. The van der Waals surface area contributed by atoms with E-state index in [1.807, 2.05) is 7.05 Å². The van der Waals surface area contributed by atoms with Gasteiger partial charge in [0.25, 0.3) is 0 Å². The van der Waals surface area contributed by atoms with Crippen molar-refractivity contribution in [2.45, 2.75) is 31.2 Å². The predicted octanol–water partition coefficient (Wildman–Crippen LogP) is 0.158. The van der Waals surface area contributed by atoms with Crippen molar-refractivity contribution in [3.63, 3.8) is 0 Å². The average Bonchev–Trinajstić information content (AvgIpc) is 2.56. The topological polar surface area (TPSA) is 60.9 Å². The smallest absolute Gasteiger partial charge is 0.323 e. The lowest BCUT2D eigenvalue weighted by molar-refractivity contribution is -0.153. The number of carboxylic acids is 1. The van der Waals surface area contributed by atoms with Crippen LogP contribution in [0.5, 0.6) is 0 Å². The third-order valence-corrected chi connectivity index (χ3v) is 3.84. The first-order valence-electron chi connectivity index (χ1n) is 5.79. The number of piperidine rings is 1. The van der Waals surface area contributed by atoms with E-state index in [9.17, 15) is 9.59 Å². The molecule has 1 amide bonds. The van der Waals surface area contributed by atoms with Gasteiger partial charge in [-0.05, 0) is 39.3 Å². The zero-order chi connectivity index (χ0) is 11.8. The molecule has 2 aliphatic rings. The maximum absolute atomic E-state index is 12.3. The van der Waals surface area contributed by atoms with E-state index in [4.69, 9.17) is 5.11 Å². The van der Waals surface area contributed by atoms with E-state index in [1.54, 1.807) is 0 Å². The number of likely N-dealkylation sites (tertiary alicyclic amines) is 2. The lowest BCUT2D eigenvalue weighted by atomic mass is 9.85. The Balaban J connectivity index is 2.16. The first kappa shape index (κ1) is 11.4. The van der Waals surface area contributed by atoms with E-state index in [1.165, 1.54) is 4.90 Å². The van der Waals surface area contributed by atoms with Crippen molar-refractivity contribution in [3.05, 3.63) is 0 Å². The standard InChI is InChI=1S/C11H18N2O3/c1-12-6-2-4-11(12)5-3-7-13(10(11)16)8-9(14)15/h2-8H2,1H3,(H,14,15)/t11-/m1/s1. The Morgan fingerprint density at radius 1 is 1.38 bits per heavy atom. The zero-order valence-electron chi connectivity index (χ0n) is 9.61. The summed E-state index contributed by atoms with van der Waals surface area (Å²) in [4.78, 5) is 26.6. The molecular formula is C11H18N2O3. The van der Waals surface area contributed by atoms with Crippen LogP contribution in [0.4, 0.5) is 0 Å². The van der Waals surface area contributed by atoms with E-state index < -0.39 is 11.5 Å². The van der Waals surface area contributed by atoms with Crippen molar-refractivity contribution in [1.82, 2.24) is 9.80 Å². The number of aliphatic carboxylic acids is 1. The molecule has 0 aromatic carbocycles. The molecule has 2 saturated heterocycles. The quantitative estimate of drug-likeness (QED) is 0.728. The lowest BCUT2D eigenvalue weighted by Gasteiger charge is -2.42. The Morgan fingerprint density at radius 3 is 2.56 bits per heavy atom. The van der Waals surface area contributed by atoms with Gasteiger partial charge < -0.3 is 10.0 Å². The van der Waals surface area contributed by atoms with Gasteiger partial charge in [0.1, 0.15) is 12.1 Å². The SMILES string of the molecule is CN1CCC[C@]12CCCN(CC(=O)O)C2=O. The minimum absolute atomic E-state index is 0.0150. The fraction of sp³-hybridized carbons (Fsp3) is 0.818. The molecule has 5 heteroatoms. The third-order valence-electron chi connectivity index (χ3n) is 3.84. The van der Waals surface area contributed by atoms with Gasteiger partial charge in [-0.2, -0.15) is 0 Å². The highest BCUT2D eigenvalue weighted by atomic mass is 16.4. The monoisotopic (exact) mass is 226 g/mol. The largest absolute Gasteiger partial charge is 0.480 e. The van der Waals surface area contributed by atoms with Gasteiger partial charge in [-0.3, -0.25) is 14.5 Å². The summed E-state index contributed by atoms with van der Waals surface area (Å²) >= 11 is 0. The molecular weight excluding hydrogens is 208 g/mol. The Labute approximate surface area is 95.0 Å². The summed E-state index contributed by atoms with van der Waals surface area (Å²) in [5.74, 6) is -0.910. The maximum atomic E-state index is 12.3. The summed E-state index contributed by atoms with van der Waals surface area (Å²) in [6.07, 6.45) is 3.68. The summed E-state index contributed by atoms with van der Waals surface area (Å²) in [6, 6.07) is 0. The molecule has 1 atom stereocenters. The van der Waals surface area contributed by atoms with Crippen LogP contribution in [0.3, 0.4) is 0 Å². The zero-order valence-corrected chi connectivity index (χ0v) is 9.61. The van der Waals surface area contributed by atoms with E-state index in [0.717, 1.165) is 32.2 Å². The highest BCUT2D eigenvalue weighted by Gasteiger charge is 2.49. The van der Waals surface area contributed by atoms with E-state index >= 15 is 0 Å². The van der Waals surface area contributed by atoms with Crippen LogP contribution in [-0.2, 0) is 9.59 Å². The maximum Gasteiger partial charge on any atom is 0.323 e. The van der Waals surface area contributed by atoms with E-state index in [2.05, 4.69) is 4.90 Å². The Morgan fingerprint density at radius 2 is 2.00 bits per heavy atom. The number of carbonyl (C=O) groups is 2. The van der Waals surface area contributed by atoms with E-state index in [-0.39, 0.29) is 12.5 Å². The van der Waals surface area contributed by atoms with Crippen LogP contribution in [0.1, 0.15) is 25.7 Å². The highest BCUT2D eigenvalue weighted by Crippen LogP contribution is 2.36. The fourth-order valence-electron chi connectivity index (χ4n) is 2.98. The second kappa shape index (κ2) is 4.05. The molecule has 0 radical (unpaired) electrons. The van der Waals surface area contributed by atoms with Gasteiger partial charge in [0.2, 0.25) is 5.91 Å². The van der Waals surface area contributed by atoms with Gasteiger partial charge in [-0.1, -0.05) is 0 Å². The van der Waals surface area contributed by atoms with Crippen molar-refractivity contribution < 1.29 is 14.7 Å². The third kappa shape index (κ3) is 1.69. The van der Waals surface area contributed by atoms with Crippen LogP contribution in [0.15, 0.2) is 0 Å². The molecule has 2 aliphatic heterocycles. The van der Waals surface area contributed by atoms with Gasteiger partial charge in [0.05, 0.1) is 0 Å². The molecule has 0 aromatic heterocycles. The Hall–Kier alpha value is -1.10. The van der Waals surface area contributed by atoms with Crippen molar-refractivity contribution in [2.75, 3.05) is 26.7 Å². The second-order valence-electron chi connectivity index (χ2n) is 4.78. The number of hydrogen-bond acceptors (Lipinski definition) is 3. The summed E-state index contributed by atoms with van der Waals surface area (Å²) < 4.78 is 0. The van der Waals surface area contributed by atoms with Crippen molar-refractivity contribution in [2.24, 2.45) is 0 Å². The van der Waals surface area contributed by atoms with Gasteiger partial charge in [0, 0.05) is 6.54 Å². The molecule has 0 aromatic rings. The molecule has 0 aliphatic carbocycles. The van der Waals surface area contributed by atoms with Crippen molar-refractivity contribution in [3.8, 4) is 0 Å². The lowest BCUT2D eigenvalue weighted by Crippen LogP contribution is -2.59. The second-order valence-corrected chi connectivity index (χ2v) is 4.78. The van der Waals surface area contributed by atoms with E-state index in [0.29, 0.717) is 6.54 Å². The van der Waals surface area contributed by atoms with Crippen molar-refractivity contribution in [1.29, 1.82) is 0 Å². The summed E-state index contributed by atoms with van der Waals surface area (Å²) in [5.41, 5.74) is -0.395. The first-order chi connectivity index (χ1) is 7.56. The molecule has 2 heterocycles. The minimum Gasteiger partial charge on any atom is -0.480 e. The molecule has 1 N–H and O–H groups in total. The highest BCUT2D eigenvalue weighted by molar-refractivity contribution is 5.90. The predicted molar refractivity (Wildman–Crippen MR) is 58.0 cm³/mol. The Bertz CT molecular complexity index is 318. The summed E-state index contributed by atoms with van der Waals surface area (Å²) in [6.45, 7) is 1.36. The van der Waals surface area contributed by atoms with Gasteiger partial charge in [-0.25, -0.2) is 0 Å². The van der Waals surface area contributed by atoms with Crippen molar-refractivity contribution >= 4 is 11.9 Å². The Kier molecular flexibility index (Phi) is 2.88. The summed E-state index contributed by atoms with van der Waals surface area (Å²) in [7, 11) is 1.97. The number of rotatable bonds is 2. The summed E-state index contributed by atoms with van der Waals surface area (Å²) in [5, 5.41) is 8.77. The molecule has 2 rings (SSSR count). The van der Waals surface area contributed by atoms with Crippen LogP contribution in [0.2, 0.25) is 0 Å². The number of likely N-dealkylation sites (N-methyl/N-ethyl adjacent to an activating group) is 1. The molecule has 5 nitrogen and oxygen atoms in total. The fourth-order valence-corrected chi connectivity index (χ4v) is 2.98. The molecule has 0 unspecified atom stereocenters. The molecule has 90 valence electrons. The number of amides is 1. The molecule has 2 fully saturated rings. The van der Waals surface area contributed by atoms with Crippen LogP contribution < -0.4 is 0 Å². The minimum atomic E-state index is -0.925. The van der Waals surface area contributed by atoms with Gasteiger partial charge >= 0.3 is 5.97 Å². The average molecular weight is 226 g/mol. The molecule has 16 heavy (non-hydrogen) atoms. The molecule has 0 saturated carbocycles.